The molecule has 0 spiro atoms. The summed E-state index contributed by atoms with van der Waals surface area (Å²) in [7, 11) is 0. The maximum absolute atomic E-state index is 11.3. The van der Waals surface area contributed by atoms with Crippen molar-refractivity contribution >= 4 is 5.91 Å². The van der Waals surface area contributed by atoms with Crippen LogP contribution in [-0.4, -0.2) is 30.6 Å². The molecule has 1 aliphatic rings. The summed E-state index contributed by atoms with van der Waals surface area (Å²) < 4.78 is 0. The van der Waals surface area contributed by atoms with Gasteiger partial charge in [0.25, 0.3) is 0 Å². The molecule has 1 saturated heterocycles. The maximum Gasteiger partial charge on any atom is 0.223 e. The van der Waals surface area contributed by atoms with Gasteiger partial charge < -0.3 is 4.90 Å². The summed E-state index contributed by atoms with van der Waals surface area (Å²) >= 11 is 0. The van der Waals surface area contributed by atoms with Gasteiger partial charge in [0.1, 0.15) is 0 Å². The summed E-state index contributed by atoms with van der Waals surface area (Å²) in [4.78, 5) is 13.1. The molecule has 1 amide bonds. The van der Waals surface area contributed by atoms with E-state index in [-0.39, 0.29) is 5.91 Å². The number of nitrogens with zero attached hydrogens (tertiary/aromatic N) is 2. The molecule has 0 N–H and O–H groups in total. The van der Waals surface area contributed by atoms with Crippen molar-refractivity contribution in [2.24, 2.45) is 0 Å². The van der Waals surface area contributed by atoms with Crippen LogP contribution in [0.2, 0.25) is 0 Å². The average Bonchev–Trinajstić information content (AvgIpc) is 2.52. The zero-order chi connectivity index (χ0) is 8.10. The lowest BCUT2D eigenvalue weighted by molar-refractivity contribution is -0.130. The van der Waals surface area contributed by atoms with Gasteiger partial charge in [-0.2, -0.15) is 0 Å². The van der Waals surface area contributed by atoms with Crippen molar-refractivity contribution in [3.63, 3.8) is 0 Å². The van der Waals surface area contributed by atoms with Gasteiger partial charge in [-0.15, -0.1) is 0 Å². The van der Waals surface area contributed by atoms with Crippen LogP contribution in [0.5, 0.6) is 0 Å². The molecule has 3 heteroatoms. The van der Waals surface area contributed by atoms with Crippen molar-refractivity contribution in [3.8, 4) is 0 Å². The number of carbonyl (C=O) groups excluding carboxylic acids is 1. The largest absolute Gasteiger partial charge is 0.327 e. The highest BCUT2D eigenvalue weighted by Crippen LogP contribution is 2.02. The summed E-state index contributed by atoms with van der Waals surface area (Å²) in [6.45, 7) is 4.39. The van der Waals surface area contributed by atoms with Crippen LogP contribution in [0.1, 0.15) is 26.2 Å². The highest BCUT2D eigenvalue weighted by Gasteiger charge is 2.16. The Hall–Kier alpha value is -0.570. The molecule has 0 aromatic carbocycles. The Labute approximate surface area is 67.8 Å². The lowest BCUT2D eigenvalue weighted by Crippen LogP contribution is -2.28. The van der Waals surface area contributed by atoms with E-state index in [9.17, 15) is 4.79 Å². The van der Waals surface area contributed by atoms with Crippen molar-refractivity contribution in [3.05, 3.63) is 0 Å². The highest BCUT2D eigenvalue weighted by molar-refractivity contribution is 5.76. The quantitative estimate of drug-likeness (QED) is 0.587. The Morgan fingerprint density at radius 2 is 2.45 bits per heavy atom. The SMILES string of the molecule is CCCCC(=O)N1CC[N]C1. The molecular formula is C8H15N2O. The van der Waals surface area contributed by atoms with E-state index in [4.69, 9.17) is 0 Å². The molecule has 1 rings (SSSR count). The van der Waals surface area contributed by atoms with E-state index in [0.29, 0.717) is 13.1 Å². The van der Waals surface area contributed by atoms with E-state index in [1.807, 2.05) is 4.90 Å². The fourth-order valence-electron chi connectivity index (χ4n) is 1.14. The second-order valence-corrected chi connectivity index (χ2v) is 2.85. The summed E-state index contributed by atoms with van der Waals surface area (Å²) in [5, 5.41) is 4.10. The molecule has 11 heavy (non-hydrogen) atoms. The Bertz CT molecular complexity index is 130. The van der Waals surface area contributed by atoms with Gasteiger partial charge in [0.15, 0.2) is 0 Å². The second kappa shape index (κ2) is 4.34. The van der Waals surface area contributed by atoms with Gasteiger partial charge in [-0.3, -0.25) is 4.79 Å². The third-order valence-corrected chi connectivity index (χ3v) is 1.90. The van der Waals surface area contributed by atoms with E-state index in [0.717, 1.165) is 25.9 Å². The van der Waals surface area contributed by atoms with Crippen molar-refractivity contribution in [2.45, 2.75) is 26.2 Å². The smallest absolute Gasteiger partial charge is 0.223 e. The van der Waals surface area contributed by atoms with Gasteiger partial charge in [-0.05, 0) is 6.42 Å². The Morgan fingerprint density at radius 1 is 1.64 bits per heavy atom. The fraction of sp³-hybridized carbons (Fsp3) is 0.875. The van der Waals surface area contributed by atoms with Crippen molar-refractivity contribution < 1.29 is 4.79 Å². The lowest BCUT2D eigenvalue weighted by atomic mass is 10.2. The van der Waals surface area contributed by atoms with Crippen LogP contribution in [-0.2, 0) is 4.79 Å². The molecule has 0 saturated carbocycles. The minimum absolute atomic E-state index is 0.271. The second-order valence-electron chi connectivity index (χ2n) is 2.85. The van der Waals surface area contributed by atoms with Crippen LogP contribution in [0.4, 0.5) is 0 Å². The van der Waals surface area contributed by atoms with Gasteiger partial charge in [0.05, 0.1) is 6.67 Å². The first-order valence-corrected chi connectivity index (χ1v) is 4.25. The van der Waals surface area contributed by atoms with Gasteiger partial charge in [-0.25, -0.2) is 5.32 Å². The normalized spacial score (nSPS) is 17.4. The predicted octanol–water partition coefficient (Wildman–Crippen LogP) is 0.581. The minimum atomic E-state index is 0.271. The van der Waals surface area contributed by atoms with Gasteiger partial charge in [0, 0.05) is 19.5 Å². The van der Waals surface area contributed by atoms with Crippen LogP contribution in [0.3, 0.4) is 0 Å². The van der Waals surface area contributed by atoms with Gasteiger partial charge >= 0.3 is 0 Å². The molecule has 1 aliphatic heterocycles. The molecule has 3 nitrogen and oxygen atoms in total. The molecule has 0 aromatic rings. The van der Waals surface area contributed by atoms with Crippen molar-refractivity contribution in [1.82, 2.24) is 10.2 Å². The monoisotopic (exact) mass is 155 g/mol. The summed E-state index contributed by atoms with van der Waals surface area (Å²) in [6.07, 6.45) is 2.80. The average molecular weight is 155 g/mol. The molecule has 0 unspecified atom stereocenters. The first-order chi connectivity index (χ1) is 5.34. The lowest BCUT2D eigenvalue weighted by Gasteiger charge is -2.12. The fourth-order valence-corrected chi connectivity index (χ4v) is 1.14. The van der Waals surface area contributed by atoms with Crippen LogP contribution < -0.4 is 5.32 Å². The number of carbonyl (C=O) groups is 1. The molecular weight excluding hydrogens is 140 g/mol. The van der Waals surface area contributed by atoms with Gasteiger partial charge in [0.2, 0.25) is 5.91 Å². The molecule has 0 aliphatic carbocycles. The third-order valence-electron chi connectivity index (χ3n) is 1.90. The number of rotatable bonds is 3. The van der Waals surface area contributed by atoms with E-state index < -0.39 is 0 Å². The van der Waals surface area contributed by atoms with E-state index in [2.05, 4.69) is 12.2 Å². The summed E-state index contributed by atoms with van der Waals surface area (Å²) in [5.41, 5.74) is 0. The van der Waals surface area contributed by atoms with E-state index >= 15 is 0 Å². The van der Waals surface area contributed by atoms with E-state index in [1.54, 1.807) is 0 Å². The standard InChI is InChI=1S/C8H15N2O/c1-2-3-4-8(11)10-6-5-9-7-10/h2-7H2,1H3. The summed E-state index contributed by atoms with van der Waals surface area (Å²) in [5.74, 6) is 0.271. The third kappa shape index (κ3) is 2.50. The Kier molecular flexibility index (Phi) is 3.36. The Morgan fingerprint density at radius 3 is 3.00 bits per heavy atom. The predicted molar refractivity (Wildman–Crippen MR) is 43.1 cm³/mol. The number of amides is 1. The first kappa shape index (κ1) is 8.53. The molecule has 0 bridgehead atoms. The van der Waals surface area contributed by atoms with Gasteiger partial charge in [-0.1, -0.05) is 13.3 Å². The van der Waals surface area contributed by atoms with Crippen molar-refractivity contribution in [2.75, 3.05) is 19.8 Å². The molecule has 0 aromatic heterocycles. The number of hydrogen-bond donors (Lipinski definition) is 0. The molecule has 1 fully saturated rings. The van der Waals surface area contributed by atoms with E-state index in [1.165, 1.54) is 0 Å². The summed E-state index contributed by atoms with van der Waals surface area (Å²) in [6, 6.07) is 0. The number of hydrogen-bond acceptors (Lipinski definition) is 1. The maximum atomic E-state index is 11.3. The first-order valence-electron chi connectivity index (χ1n) is 4.25. The topological polar surface area (TPSA) is 34.4 Å². The molecule has 1 radical (unpaired) electrons. The minimum Gasteiger partial charge on any atom is -0.327 e. The number of unbranched alkanes of at least 4 members (excludes halogenated alkanes) is 1. The van der Waals surface area contributed by atoms with Crippen LogP contribution in [0.25, 0.3) is 0 Å². The van der Waals surface area contributed by atoms with Crippen LogP contribution in [0.15, 0.2) is 0 Å². The highest BCUT2D eigenvalue weighted by atomic mass is 16.2. The molecule has 0 atom stereocenters. The zero-order valence-corrected chi connectivity index (χ0v) is 7.05. The Balaban J connectivity index is 2.17. The molecule has 63 valence electrons. The van der Waals surface area contributed by atoms with Crippen molar-refractivity contribution in [1.29, 1.82) is 0 Å². The molecule has 1 heterocycles. The zero-order valence-electron chi connectivity index (χ0n) is 7.05. The van der Waals surface area contributed by atoms with Crippen LogP contribution in [0, 0.1) is 0 Å². The van der Waals surface area contributed by atoms with Crippen LogP contribution >= 0.6 is 0 Å².